The van der Waals surface area contributed by atoms with E-state index < -0.39 is 5.97 Å². The predicted octanol–water partition coefficient (Wildman–Crippen LogP) is 7.57. The summed E-state index contributed by atoms with van der Waals surface area (Å²) < 4.78 is 5.64. The van der Waals surface area contributed by atoms with Gasteiger partial charge in [0.1, 0.15) is 4.88 Å². The van der Waals surface area contributed by atoms with Gasteiger partial charge in [-0.1, -0.05) is 29.8 Å². The number of benzene rings is 3. The van der Waals surface area contributed by atoms with E-state index in [0.29, 0.717) is 15.0 Å². The fourth-order valence-corrected chi connectivity index (χ4v) is 4.58. The summed E-state index contributed by atoms with van der Waals surface area (Å²) in [6.45, 7) is 0. The first-order valence-corrected chi connectivity index (χ1v) is 11.1. The number of hydrogen-bond donors (Lipinski definition) is 2. The minimum atomic E-state index is -0.449. The average molecular weight is 481 g/mol. The number of ether oxygens (including phenoxy) is 1. The van der Waals surface area contributed by atoms with Crippen molar-refractivity contribution in [2.24, 2.45) is 10.2 Å². The molecule has 0 aliphatic heterocycles. The van der Waals surface area contributed by atoms with Crippen molar-refractivity contribution in [1.29, 1.82) is 0 Å². The van der Waals surface area contributed by atoms with Gasteiger partial charge in [-0.3, -0.25) is 0 Å². The quantitative estimate of drug-likeness (QED) is 0.175. The topological polar surface area (TPSA) is 75.1 Å². The molecule has 0 aliphatic rings. The highest BCUT2D eigenvalue weighted by Gasteiger charge is 2.17. The summed E-state index contributed by atoms with van der Waals surface area (Å²) >= 11 is 13.0. The summed E-state index contributed by atoms with van der Waals surface area (Å²) in [6.07, 6.45) is 0. The normalized spacial score (nSPS) is 10.9. The van der Waals surface area contributed by atoms with Crippen LogP contribution >= 0.6 is 35.2 Å². The molecule has 0 amide bonds. The molecule has 6 nitrogen and oxygen atoms in total. The lowest BCUT2D eigenvalue weighted by atomic mass is 10.2. The van der Waals surface area contributed by atoms with Gasteiger partial charge in [-0.05, 0) is 66.8 Å². The van der Waals surface area contributed by atoms with Crippen LogP contribution in [-0.2, 0) is 4.74 Å². The molecule has 160 valence electrons. The molecule has 0 unspecified atom stereocenters. The summed E-state index contributed by atoms with van der Waals surface area (Å²) in [4.78, 5) is 12.2. The highest BCUT2D eigenvalue weighted by molar-refractivity contribution is 7.80. The Bertz CT molecular complexity index is 1310. The molecule has 2 N–H and O–H groups in total. The maximum atomic E-state index is 11.9. The van der Waals surface area contributed by atoms with Crippen LogP contribution in [0.2, 0.25) is 5.02 Å². The van der Waals surface area contributed by atoms with Crippen LogP contribution < -0.4 is 10.6 Å². The van der Waals surface area contributed by atoms with Gasteiger partial charge in [-0.15, -0.1) is 11.3 Å². The zero-order chi connectivity index (χ0) is 22.5. The molecular weight excluding hydrogens is 464 g/mol. The lowest BCUT2D eigenvalue weighted by Gasteiger charge is -2.10. The van der Waals surface area contributed by atoms with E-state index in [1.54, 1.807) is 0 Å². The monoisotopic (exact) mass is 480 g/mol. The van der Waals surface area contributed by atoms with Crippen LogP contribution in [0.25, 0.3) is 10.1 Å². The largest absolute Gasteiger partial charge is 0.465 e. The summed E-state index contributed by atoms with van der Waals surface area (Å²) in [5, 5.41) is 16.3. The molecule has 0 bridgehead atoms. The Morgan fingerprint density at radius 1 is 0.938 bits per heavy atom. The van der Waals surface area contributed by atoms with Crippen molar-refractivity contribution in [3.8, 4) is 0 Å². The first-order chi connectivity index (χ1) is 15.5. The lowest BCUT2D eigenvalue weighted by Crippen LogP contribution is -2.18. The number of carbonyl (C=O) groups is 1. The first kappa shape index (κ1) is 21.9. The third-order valence-electron chi connectivity index (χ3n) is 4.42. The van der Waals surface area contributed by atoms with Gasteiger partial charge in [-0.25, -0.2) is 4.79 Å². The summed E-state index contributed by atoms with van der Waals surface area (Å²) in [7, 11) is 1.33. The SMILES string of the molecule is COC(=O)c1sc2cc(NC(=S)Nc3ccc(N=Nc4ccccc4)cc3)ccc2c1Cl. The van der Waals surface area contributed by atoms with Crippen LogP contribution in [0.3, 0.4) is 0 Å². The van der Waals surface area contributed by atoms with E-state index in [4.69, 9.17) is 28.6 Å². The molecule has 32 heavy (non-hydrogen) atoms. The number of esters is 1. The molecule has 0 saturated heterocycles. The van der Waals surface area contributed by atoms with E-state index in [2.05, 4.69) is 20.9 Å². The fourth-order valence-electron chi connectivity index (χ4n) is 2.88. The Kier molecular flexibility index (Phi) is 6.75. The number of azo groups is 1. The Morgan fingerprint density at radius 3 is 2.25 bits per heavy atom. The minimum Gasteiger partial charge on any atom is -0.465 e. The van der Waals surface area contributed by atoms with Gasteiger partial charge in [0.15, 0.2) is 5.11 Å². The van der Waals surface area contributed by atoms with Crippen molar-refractivity contribution >= 4 is 79.1 Å². The number of methoxy groups -OCH3 is 1. The average Bonchev–Trinajstić information content (AvgIpc) is 3.14. The lowest BCUT2D eigenvalue weighted by molar-refractivity contribution is 0.0606. The molecule has 9 heteroatoms. The van der Waals surface area contributed by atoms with E-state index in [1.807, 2.05) is 72.8 Å². The number of thiophene rings is 1. The van der Waals surface area contributed by atoms with Crippen LogP contribution in [0.5, 0.6) is 0 Å². The molecule has 1 aromatic heterocycles. The van der Waals surface area contributed by atoms with E-state index in [1.165, 1.54) is 18.4 Å². The van der Waals surface area contributed by atoms with E-state index >= 15 is 0 Å². The Balaban J connectivity index is 1.40. The second-order valence-electron chi connectivity index (χ2n) is 6.61. The zero-order valence-electron chi connectivity index (χ0n) is 16.8. The van der Waals surface area contributed by atoms with Gasteiger partial charge in [0.05, 0.1) is 23.5 Å². The number of hydrogen-bond acceptors (Lipinski definition) is 6. The molecule has 0 atom stereocenters. The van der Waals surface area contributed by atoms with Gasteiger partial charge in [0, 0.05) is 21.5 Å². The van der Waals surface area contributed by atoms with Gasteiger partial charge < -0.3 is 15.4 Å². The van der Waals surface area contributed by atoms with Crippen molar-refractivity contribution in [2.45, 2.75) is 0 Å². The number of nitrogens with zero attached hydrogens (tertiary/aromatic N) is 2. The molecule has 3 aromatic carbocycles. The number of thiocarbonyl (C=S) groups is 1. The van der Waals surface area contributed by atoms with E-state index in [0.717, 1.165) is 32.8 Å². The second kappa shape index (κ2) is 9.86. The van der Waals surface area contributed by atoms with Crippen LogP contribution in [0.1, 0.15) is 9.67 Å². The summed E-state index contributed by atoms with van der Waals surface area (Å²) in [5.74, 6) is -0.449. The van der Waals surface area contributed by atoms with Gasteiger partial charge in [0.2, 0.25) is 0 Å². The maximum absolute atomic E-state index is 11.9. The number of fused-ring (bicyclic) bond motifs is 1. The fraction of sp³-hybridized carbons (Fsp3) is 0.0435. The third kappa shape index (κ3) is 5.11. The molecule has 4 rings (SSSR count). The van der Waals surface area contributed by atoms with Crippen LogP contribution in [0.15, 0.2) is 83.0 Å². The molecule has 0 aliphatic carbocycles. The molecule has 0 fully saturated rings. The van der Waals surface area contributed by atoms with Crippen molar-refractivity contribution in [3.63, 3.8) is 0 Å². The van der Waals surface area contributed by atoms with Crippen molar-refractivity contribution in [1.82, 2.24) is 0 Å². The highest BCUT2D eigenvalue weighted by atomic mass is 35.5. The summed E-state index contributed by atoms with van der Waals surface area (Å²) in [6, 6.07) is 22.6. The molecule has 0 spiro atoms. The van der Waals surface area contributed by atoms with Crippen molar-refractivity contribution < 1.29 is 9.53 Å². The van der Waals surface area contributed by atoms with Crippen molar-refractivity contribution in [3.05, 3.63) is 82.7 Å². The standard InChI is InChI=1S/C23H17ClN4O2S2/c1-30-22(29)21-20(24)18-12-11-17(13-19(18)32-21)26-23(31)25-14-7-9-16(10-8-14)28-27-15-5-3-2-4-6-15/h2-13H,1H3,(H2,25,26,31). The number of rotatable bonds is 5. The molecule has 1 heterocycles. The second-order valence-corrected chi connectivity index (χ2v) is 8.45. The predicted molar refractivity (Wildman–Crippen MR) is 135 cm³/mol. The number of nitrogens with one attached hydrogen (secondary N) is 2. The molecule has 0 saturated carbocycles. The highest BCUT2D eigenvalue weighted by Crippen LogP contribution is 2.37. The first-order valence-electron chi connectivity index (χ1n) is 9.49. The van der Waals surface area contributed by atoms with Crippen LogP contribution in [-0.4, -0.2) is 18.2 Å². The van der Waals surface area contributed by atoms with Crippen molar-refractivity contribution in [2.75, 3.05) is 17.7 Å². The maximum Gasteiger partial charge on any atom is 0.349 e. The van der Waals surface area contributed by atoms with Gasteiger partial charge in [-0.2, -0.15) is 10.2 Å². The van der Waals surface area contributed by atoms with Gasteiger partial charge >= 0.3 is 5.97 Å². The number of carbonyl (C=O) groups excluding carboxylic acids is 1. The zero-order valence-corrected chi connectivity index (χ0v) is 19.2. The van der Waals surface area contributed by atoms with E-state index in [9.17, 15) is 4.79 Å². The number of anilines is 2. The Labute approximate surface area is 198 Å². The number of halogens is 1. The molecule has 0 radical (unpaired) electrons. The Hall–Kier alpha value is -3.33. The van der Waals surface area contributed by atoms with Gasteiger partial charge in [0.25, 0.3) is 0 Å². The Morgan fingerprint density at radius 2 is 1.56 bits per heavy atom. The molecule has 4 aromatic rings. The summed E-state index contributed by atoms with van der Waals surface area (Å²) in [5.41, 5.74) is 3.12. The van der Waals surface area contributed by atoms with Crippen LogP contribution in [0, 0.1) is 0 Å². The van der Waals surface area contributed by atoms with E-state index in [-0.39, 0.29) is 0 Å². The minimum absolute atomic E-state index is 0.381. The third-order valence-corrected chi connectivity index (χ3v) is 6.26. The van der Waals surface area contributed by atoms with Crippen LogP contribution in [0.4, 0.5) is 22.7 Å². The smallest absolute Gasteiger partial charge is 0.349 e. The molecular formula is C23H17ClN4O2S2.